The van der Waals surface area contributed by atoms with Crippen LogP contribution in [-0.2, 0) is 24.9 Å². The van der Waals surface area contributed by atoms with Crippen LogP contribution in [0.5, 0.6) is 0 Å². The second-order valence-corrected chi connectivity index (χ2v) is 13.9. The average molecular weight is 860 g/mol. The van der Waals surface area contributed by atoms with E-state index in [0.29, 0.717) is 16.9 Å². The number of carbonyl (C=O) groups is 1. The SMILES string of the molecule is CCC(C)(CC)C(=O)/C=C(\O)C(C)(CC)CC.[C-]#[N+]c1cc(-c2cnc(-c3[c-]c(C)cc(C)c3)c(-c3cc(C)cc(C)c3)n2)c(C)cc1C#N.[Ir]. The molecule has 0 spiro atoms. The summed E-state index contributed by atoms with van der Waals surface area (Å²) in [5.41, 5.74) is 10.4. The molecular formula is C44H51IrN4O2-. The Morgan fingerprint density at radius 2 is 1.45 bits per heavy atom. The van der Waals surface area contributed by atoms with Crippen molar-refractivity contribution in [3.8, 4) is 39.8 Å². The van der Waals surface area contributed by atoms with Gasteiger partial charge in [-0.25, -0.2) is 4.85 Å². The van der Waals surface area contributed by atoms with Gasteiger partial charge in [0.2, 0.25) is 5.69 Å². The van der Waals surface area contributed by atoms with Gasteiger partial charge in [-0.2, -0.15) is 5.26 Å². The fourth-order valence-electron chi connectivity index (χ4n) is 5.89. The molecule has 4 aromatic rings. The molecule has 3 aromatic carbocycles. The van der Waals surface area contributed by atoms with Gasteiger partial charge in [0.1, 0.15) is 5.76 Å². The molecule has 0 unspecified atom stereocenters. The van der Waals surface area contributed by atoms with E-state index >= 15 is 0 Å². The maximum Gasteiger partial charge on any atom is 0.205 e. The molecule has 1 N–H and O–H groups in total. The van der Waals surface area contributed by atoms with Crippen LogP contribution in [0.4, 0.5) is 5.69 Å². The largest absolute Gasteiger partial charge is 0.512 e. The quantitative estimate of drug-likeness (QED) is 0.0974. The van der Waals surface area contributed by atoms with Crippen LogP contribution in [0.3, 0.4) is 0 Å². The molecule has 0 aliphatic heterocycles. The summed E-state index contributed by atoms with van der Waals surface area (Å²) >= 11 is 0. The fraction of sp³-hybridized carbons (Fsp3) is 0.386. The predicted octanol–water partition coefficient (Wildman–Crippen LogP) is 11.9. The van der Waals surface area contributed by atoms with Crippen LogP contribution in [0.1, 0.15) is 101 Å². The number of allylic oxidation sites excluding steroid dienone is 2. The Kier molecular flexibility index (Phi) is 15.2. The number of benzene rings is 3. The first-order valence-corrected chi connectivity index (χ1v) is 17.4. The third-order valence-corrected chi connectivity index (χ3v) is 10.1. The third-order valence-electron chi connectivity index (χ3n) is 10.1. The predicted molar refractivity (Wildman–Crippen MR) is 205 cm³/mol. The van der Waals surface area contributed by atoms with Gasteiger partial charge in [-0.05, 0) is 69.2 Å². The van der Waals surface area contributed by atoms with Crippen LogP contribution in [0.2, 0.25) is 0 Å². The second-order valence-electron chi connectivity index (χ2n) is 13.9. The number of nitrogens with zero attached hydrogens (tertiary/aromatic N) is 4. The van der Waals surface area contributed by atoms with Crippen molar-refractivity contribution in [1.82, 2.24) is 9.97 Å². The van der Waals surface area contributed by atoms with Gasteiger partial charge in [0.25, 0.3) is 0 Å². The van der Waals surface area contributed by atoms with E-state index in [1.54, 1.807) is 18.3 Å². The van der Waals surface area contributed by atoms with Crippen molar-refractivity contribution in [1.29, 1.82) is 5.26 Å². The van der Waals surface area contributed by atoms with Crippen molar-refractivity contribution >= 4 is 11.5 Å². The molecule has 1 radical (unpaired) electrons. The summed E-state index contributed by atoms with van der Waals surface area (Å²) in [5, 5.41) is 19.5. The first-order valence-electron chi connectivity index (χ1n) is 17.4. The van der Waals surface area contributed by atoms with Gasteiger partial charge in [0.05, 0.1) is 29.6 Å². The third kappa shape index (κ3) is 10.1. The van der Waals surface area contributed by atoms with Gasteiger partial charge in [-0.3, -0.25) is 9.78 Å². The molecule has 0 atom stereocenters. The maximum absolute atomic E-state index is 12.2. The number of aryl methyl sites for hydroxylation is 5. The zero-order valence-corrected chi connectivity index (χ0v) is 34.4. The molecule has 269 valence electrons. The van der Waals surface area contributed by atoms with Gasteiger partial charge < -0.3 is 10.1 Å². The average Bonchev–Trinajstić information content (AvgIpc) is 3.09. The van der Waals surface area contributed by atoms with E-state index in [-0.39, 0.29) is 42.5 Å². The Balaban J connectivity index is 0.000000428. The Bertz CT molecular complexity index is 1950. The molecule has 0 saturated heterocycles. The van der Waals surface area contributed by atoms with Gasteiger partial charge in [-0.1, -0.05) is 90.8 Å². The van der Waals surface area contributed by atoms with Crippen molar-refractivity contribution in [2.45, 2.75) is 102 Å². The normalized spacial score (nSPS) is 11.4. The van der Waals surface area contributed by atoms with Gasteiger partial charge in [0, 0.05) is 48.9 Å². The van der Waals surface area contributed by atoms with Crippen molar-refractivity contribution in [3.05, 3.63) is 111 Å². The summed E-state index contributed by atoms with van der Waals surface area (Å²) in [4.78, 5) is 25.6. The molecule has 6 nitrogen and oxygen atoms in total. The molecule has 0 bridgehead atoms. The van der Waals surface area contributed by atoms with Crippen molar-refractivity contribution in [2.24, 2.45) is 10.8 Å². The number of aliphatic hydroxyl groups is 1. The molecular weight excluding hydrogens is 809 g/mol. The number of aliphatic hydroxyl groups excluding tert-OH is 1. The number of rotatable bonds is 10. The van der Waals surface area contributed by atoms with Crippen LogP contribution in [0.15, 0.2) is 60.5 Å². The standard InChI is InChI=1S/C29H23N4.C15H28O2.Ir/c1-17-7-18(2)10-22(9-17)28-29(23-11-19(3)8-20(4)12-23)33-27(16-32-28)25-14-26(31-6)24(15-30)13-21(25)5;1-7-14(5,8-2)12(16)11-13(17)15(6,9-3)10-4;/h7-9,11-14,16H,1-5H3;11,16H,7-10H2,1-6H3;/q-1;;/b;12-11-;. The molecule has 51 heavy (non-hydrogen) atoms. The molecule has 1 aromatic heterocycles. The Morgan fingerprint density at radius 3 is 1.96 bits per heavy atom. The van der Waals surface area contributed by atoms with Gasteiger partial charge in [0.15, 0.2) is 5.78 Å². The summed E-state index contributed by atoms with van der Waals surface area (Å²) < 4.78 is 0. The van der Waals surface area contributed by atoms with E-state index in [1.807, 2.05) is 55.4 Å². The van der Waals surface area contributed by atoms with E-state index in [0.717, 1.165) is 81.6 Å². The minimum absolute atomic E-state index is 0. The van der Waals surface area contributed by atoms with E-state index in [4.69, 9.17) is 16.5 Å². The molecule has 0 aliphatic rings. The van der Waals surface area contributed by atoms with Crippen molar-refractivity contribution in [2.75, 3.05) is 0 Å². The van der Waals surface area contributed by atoms with Crippen molar-refractivity contribution in [3.63, 3.8) is 0 Å². The van der Waals surface area contributed by atoms with E-state index in [2.05, 4.69) is 68.1 Å². The summed E-state index contributed by atoms with van der Waals surface area (Å²) in [5.74, 6) is 0.286. The maximum atomic E-state index is 12.2. The number of aromatic nitrogens is 2. The Labute approximate surface area is 319 Å². The molecule has 0 amide bonds. The number of ketones is 1. The summed E-state index contributed by atoms with van der Waals surface area (Å²) in [6.07, 6.45) is 6.50. The Morgan fingerprint density at radius 1 is 0.882 bits per heavy atom. The minimum atomic E-state index is -0.337. The fourth-order valence-corrected chi connectivity index (χ4v) is 5.89. The number of carbonyl (C=O) groups excluding carboxylic acids is 1. The van der Waals surface area contributed by atoms with Crippen LogP contribution in [0, 0.1) is 69.4 Å². The summed E-state index contributed by atoms with van der Waals surface area (Å²) in [7, 11) is 0. The molecule has 7 heteroatoms. The van der Waals surface area contributed by atoms with Gasteiger partial charge >= 0.3 is 0 Å². The Hall–Kier alpha value is -4.42. The van der Waals surface area contributed by atoms with Crippen LogP contribution >= 0.6 is 0 Å². The summed E-state index contributed by atoms with van der Waals surface area (Å²) in [6, 6.07) is 19.5. The zero-order valence-electron chi connectivity index (χ0n) is 32.0. The van der Waals surface area contributed by atoms with Crippen molar-refractivity contribution < 1.29 is 30.0 Å². The molecule has 0 saturated carbocycles. The first kappa shape index (κ1) is 42.7. The molecule has 4 rings (SSSR count). The number of hydrogen-bond acceptors (Lipinski definition) is 5. The summed E-state index contributed by atoms with van der Waals surface area (Å²) in [6.45, 7) is 29.7. The van der Waals surface area contributed by atoms with E-state index < -0.39 is 0 Å². The number of nitriles is 1. The molecule has 0 fully saturated rings. The molecule has 1 heterocycles. The smallest absolute Gasteiger partial charge is 0.205 e. The monoisotopic (exact) mass is 860 g/mol. The van der Waals surface area contributed by atoms with Crippen LogP contribution < -0.4 is 0 Å². The zero-order chi connectivity index (χ0) is 37.4. The second kappa shape index (κ2) is 18.2. The van der Waals surface area contributed by atoms with E-state index in [9.17, 15) is 15.2 Å². The molecule has 0 aliphatic carbocycles. The van der Waals surface area contributed by atoms with Crippen LogP contribution in [0.25, 0.3) is 38.6 Å². The topological polar surface area (TPSA) is 91.2 Å². The van der Waals surface area contributed by atoms with E-state index in [1.165, 1.54) is 6.08 Å². The minimum Gasteiger partial charge on any atom is -0.512 e. The number of hydrogen-bond donors (Lipinski definition) is 1. The van der Waals surface area contributed by atoms with Crippen LogP contribution in [-0.4, -0.2) is 20.9 Å². The first-order chi connectivity index (χ1) is 23.6. The van der Waals surface area contributed by atoms with Gasteiger partial charge in [-0.15, -0.1) is 34.9 Å².